The van der Waals surface area contributed by atoms with Crippen LogP contribution >= 0.6 is 0 Å². The van der Waals surface area contributed by atoms with Gasteiger partial charge in [0.25, 0.3) is 0 Å². The summed E-state index contributed by atoms with van der Waals surface area (Å²) in [6.45, 7) is 7.41. The quantitative estimate of drug-likeness (QED) is 0.189. The molecule has 1 unspecified atom stereocenters. The summed E-state index contributed by atoms with van der Waals surface area (Å²) in [4.78, 5) is 11.0. The van der Waals surface area contributed by atoms with Gasteiger partial charge in [0, 0.05) is 0 Å². The van der Waals surface area contributed by atoms with Gasteiger partial charge < -0.3 is 24.1 Å². The summed E-state index contributed by atoms with van der Waals surface area (Å²) in [5.74, 6) is -0.547. The number of nitrogens with one attached hydrogen (secondary N) is 1. The van der Waals surface area contributed by atoms with Crippen LogP contribution in [0.2, 0.25) is 0 Å². The normalized spacial score (nSPS) is 12.4. The van der Waals surface area contributed by atoms with Crippen molar-refractivity contribution in [1.82, 2.24) is 5.32 Å². The summed E-state index contributed by atoms with van der Waals surface area (Å²) in [6.07, 6.45) is 4.20. The Balaban J connectivity index is 2.43. The smallest absolute Gasteiger partial charge is 0.351 e. The number of hydrogen-bond acceptors (Lipinski definition) is 6. The zero-order valence-electron chi connectivity index (χ0n) is 21.3. The lowest BCUT2D eigenvalue weighted by Gasteiger charge is -2.37. The first-order chi connectivity index (χ1) is 17.0. The zero-order chi connectivity index (χ0) is 25.4. The second-order valence-electron chi connectivity index (χ2n) is 8.41. The monoisotopic (exact) mass is 487 g/mol. The third-order valence-corrected chi connectivity index (χ3v) is 5.38. The van der Waals surface area contributed by atoms with Gasteiger partial charge in [-0.2, -0.15) is 0 Å². The van der Waals surface area contributed by atoms with E-state index in [2.05, 4.69) is 26.1 Å². The maximum Gasteiger partial charge on any atom is 0.351 e. The molecular formula is C28H41NO6. The maximum absolute atomic E-state index is 11.0. The molecule has 0 bridgehead atoms. The number of aliphatic carboxylic acids is 1. The van der Waals surface area contributed by atoms with Crippen molar-refractivity contribution < 1.29 is 28.8 Å². The van der Waals surface area contributed by atoms with Crippen molar-refractivity contribution in [3.63, 3.8) is 0 Å². The van der Waals surface area contributed by atoms with E-state index in [4.69, 9.17) is 24.1 Å². The van der Waals surface area contributed by atoms with Crippen molar-refractivity contribution in [1.29, 1.82) is 0 Å². The van der Waals surface area contributed by atoms with Crippen molar-refractivity contribution in [2.75, 3.05) is 26.4 Å². The lowest BCUT2D eigenvalue weighted by molar-refractivity contribution is -0.400. The van der Waals surface area contributed by atoms with E-state index in [9.17, 15) is 4.79 Å². The van der Waals surface area contributed by atoms with E-state index in [-0.39, 0.29) is 6.04 Å². The van der Waals surface area contributed by atoms with Gasteiger partial charge in [0.15, 0.2) is 6.61 Å². The Morgan fingerprint density at radius 2 is 1.37 bits per heavy atom. The minimum atomic E-state index is -1.42. The fourth-order valence-corrected chi connectivity index (χ4v) is 3.41. The highest BCUT2D eigenvalue weighted by molar-refractivity contribution is 5.68. The minimum absolute atomic E-state index is 0.352. The van der Waals surface area contributed by atoms with E-state index in [1.54, 1.807) is 6.07 Å². The van der Waals surface area contributed by atoms with Crippen LogP contribution in [0.3, 0.4) is 0 Å². The highest BCUT2D eigenvalue weighted by Gasteiger charge is 2.37. The van der Waals surface area contributed by atoms with Crippen LogP contribution in [0.5, 0.6) is 5.75 Å². The number of carboxylic acid groups (broad SMARTS) is 1. The van der Waals surface area contributed by atoms with E-state index < -0.39 is 18.7 Å². The molecule has 0 aliphatic heterocycles. The van der Waals surface area contributed by atoms with Crippen LogP contribution in [0.15, 0.2) is 54.6 Å². The number of benzene rings is 2. The molecule has 0 aliphatic carbocycles. The Bertz CT molecular complexity index is 818. The summed E-state index contributed by atoms with van der Waals surface area (Å²) in [5.41, 5.74) is 1.87. The van der Waals surface area contributed by atoms with Crippen molar-refractivity contribution in [2.24, 2.45) is 0 Å². The first-order valence-corrected chi connectivity index (χ1v) is 12.7. The molecule has 0 heterocycles. The second kappa shape index (κ2) is 16.3. The van der Waals surface area contributed by atoms with Gasteiger partial charge in [-0.1, -0.05) is 82.5 Å². The van der Waals surface area contributed by atoms with Crippen LogP contribution < -0.4 is 10.1 Å². The Kier molecular flexibility index (Phi) is 13.4. The lowest BCUT2D eigenvalue weighted by Crippen LogP contribution is -2.54. The maximum atomic E-state index is 11.0. The van der Waals surface area contributed by atoms with Gasteiger partial charge in [-0.15, -0.1) is 0 Å². The molecule has 35 heavy (non-hydrogen) atoms. The minimum Gasteiger partial charge on any atom is -0.482 e. The Labute approximate surface area is 209 Å². The number of rotatable bonds is 19. The molecule has 2 aromatic rings. The van der Waals surface area contributed by atoms with Crippen molar-refractivity contribution in [3.05, 3.63) is 65.7 Å². The first-order valence-electron chi connectivity index (χ1n) is 12.7. The van der Waals surface area contributed by atoms with Gasteiger partial charge in [-0.25, -0.2) is 10.1 Å². The van der Waals surface area contributed by atoms with Gasteiger partial charge >= 0.3 is 12.1 Å². The molecule has 0 aromatic heterocycles. The first kappa shape index (κ1) is 28.8. The molecule has 0 aliphatic rings. The number of carboxylic acids is 1. The van der Waals surface area contributed by atoms with Crippen LogP contribution in [0.1, 0.15) is 76.5 Å². The molecule has 2 aromatic carbocycles. The molecule has 0 saturated carbocycles. The predicted octanol–water partition coefficient (Wildman–Crippen LogP) is 5.89. The van der Waals surface area contributed by atoms with E-state index >= 15 is 0 Å². The molecule has 0 fully saturated rings. The second-order valence-corrected chi connectivity index (χ2v) is 8.41. The Morgan fingerprint density at radius 1 is 0.829 bits per heavy atom. The largest absolute Gasteiger partial charge is 0.482 e. The molecular weight excluding hydrogens is 446 g/mol. The lowest BCUT2D eigenvalue weighted by atomic mass is 9.98. The highest BCUT2D eigenvalue weighted by Crippen LogP contribution is 2.29. The van der Waals surface area contributed by atoms with Crippen molar-refractivity contribution in [2.45, 2.75) is 71.4 Å². The molecule has 194 valence electrons. The summed E-state index contributed by atoms with van der Waals surface area (Å²) in [7, 11) is 0. The standard InChI is InChI=1S/C28H41NO6/c1-4-7-18-33-28(34-19-8-5-2,35-20-9-6-3)29-27(23-14-11-10-12-15-23)24-16-13-17-25(21-24)32-22-26(30)31/h10-17,21,27,29H,4-9,18-20,22H2,1-3H3,(H,30,31). The van der Waals surface area contributed by atoms with Gasteiger partial charge in [0.1, 0.15) is 5.75 Å². The Hall–Kier alpha value is -2.45. The van der Waals surface area contributed by atoms with Crippen LogP contribution in [-0.2, 0) is 19.0 Å². The predicted molar refractivity (Wildman–Crippen MR) is 136 cm³/mol. The zero-order valence-corrected chi connectivity index (χ0v) is 21.3. The van der Waals surface area contributed by atoms with Gasteiger partial charge in [-0.3, -0.25) is 0 Å². The molecule has 2 N–H and O–H groups in total. The van der Waals surface area contributed by atoms with Crippen LogP contribution in [0.25, 0.3) is 0 Å². The third-order valence-electron chi connectivity index (χ3n) is 5.38. The van der Waals surface area contributed by atoms with Crippen molar-refractivity contribution in [3.8, 4) is 5.75 Å². The highest BCUT2D eigenvalue weighted by atomic mass is 16.9. The number of ether oxygens (including phenoxy) is 4. The number of hydrogen-bond donors (Lipinski definition) is 2. The molecule has 1 atom stereocenters. The fraction of sp³-hybridized carbons (Fsp3) is 0.536. The third kappa shape index (κ3) is 10.4. The van der Waals surface area contributed by atoms with Gasteiger partial charge in [0.05, 0.1) is 25.9 Å². The van der Waals surface area contributed by atoms with E-state index in [1.807, 2.05) is 48.5 Å². The van der Waals surface area contributed by atoms with E-state index in [1.165, 1.54) is 0 Å². The molecule has 0 amide bonds. The summed E-state index contributed by atoms with van der Waals surface area (Å²) >= 11 is 0. The molecule has 7 heteroatoms. The molecule has 0 saturated heterocycles. The average molecular weight is 488 g/mol. The SMILES string of the molecule is CCCCOC(NC(c1ccccc1)c1cccc(OCC(=O)O)c1)(OCCCC)OCCCC. The van der Waals surface area contributed by atoms with Gasteiger partial charge in [-0.05, 0) is 42.5 Å². The average Bonchev–Trinajstić information content (AvgIpc) is 2.87. The van der Waals surface area contributed by atoms with Crippen LogP contribution in [0.4, 0.5) is 0 Å². The number of unbranched alkanes of at least 4 members (excludes halogenated alkanes) is 3. The topological polar surface area (TPSA) is 86.3 Å². The molecule has 0 radical (unpaired) electrons. The summed E-state index contributed by atoms with van der Waals surface area (Å²) < 4.78 is 24.3. The number of carbonyl (C=O) groups is 1. The van der Waals surface area contributed by atoms with Crippen molar-refractivity contribution >= 4 is 5.97 Å². The van der Waals surface area contributed by atoms with E-state index in [0.29, 0.717) is 25.6 Å². The molecule has 2 rings (SSSR count). The van der Waals surface area contributed by atoms with Crippen LogP contribution in [0, 0.1) is 0 Å². The summed E-state index contributed by atoms with van der Waals surface area (Å²) in [5, 5.41) is 12.5. The van der Waals surface area contributed by atoms with Crippen LogP contribution in [-0.4, -0.2) is 43.6 Å². The van der Waals surface area contributed by atoms with Gasteiger partial charge in [0.2, 0.25) is 0 Å². The Morgan fingerprint density at radius 3 is 1.89 bits per heavy atom. The summed E-state index contributed by atoms with van der Waals surface area (Å²) in [6, 6.07) is 17.0. The fourth-order valence-electron chi connectivity index (χ4n) is 3.41. The molecule has 7 nitrogen and oxygen atoms in total. The molecule has 0 spiro atoms. The van der Waals surface area contributed by atoms with E-state index in [0.717, 1.165) is 49.7 Å².